The fourth-order valence-corrected chi connectivity index (χ4v) is 5.48. The Morgan fingerprint density at radius 3 is 2.74 bits per heavy atom. The van der Waals surface area contributed by atoms with Gasteiger partial charge < -0.3 is 10.3 Å². The molecule has 174 valence electrons. The van der Waals surface area contributed by atoms with Gasteiger partial charge in [-0.3, -0.25) is 14.4 Å². The van der Waals surface area contributed by atoms with E-state index in [4.69, 9.17) is 16.6 Å². The molecule has 1 aliphatic heterocycles. The Labute approximate surface area is 206 Å². The van der Waals surface area contributed by atoms with Gasteiger partial charge in [0.2, 0.25) is 5.91 Å². The van der Waals surface area contributed by atoms with Crippen molar-refractivity contribution >= 4 is 34.6 Å². The minimum atomic E-state index is -0.474. The molecule has 1 aliphatic rings. The molecule has 1 aromatic carbocycles. The lowest BCUT2D eigenvalue weighted by Gasteiger charge is -2.13. The number of aromatic nitrogens is 5. The maximum absolute atomic E-state index is 12.9. The average Bonchev–Trinajstić information content (AvgIpc) is 3.51. The molecule has 4 aromatic rings. The van der Waals surface area contributed by atoms with Crippen LogP contribution >= 0.6 is 22.9 Å². The number of amides is 1. The van der Waals surface area contributed by atoms with Gasteiger partial charge in [0.15, 0.2) is 5.82 Å². The molecular formula is C24H24ClN7OS. The molecule has 1 amide bonds. The second-order valence-electron chi connectivity index (χ2n) is 8.29. The highest BCUT2D eigenvalue weighted by Gasteiger charge is 2.32. The summed E-state index contributed by atoms with van der Waals surface area (Å²) in [6, 6.07) is 7.19. The standard InChI is InChI=1S/C24H24ClN7OS/c1-13-14(2)34-24-21(13)22(16-4-6-17(25)7-5-16)29-19(23-31-30-15(3)32(23)24)10-20(33)27-9-8-18-11-26-12-28-18/h4-7,11-12,19H,8-10H2,1-3H3,(H,26,28)(H,27,33)/t19-/m0/s1. The third kappa shape index (κ3) is 4.17. The molecule has 34 heavy (non-hydrogen) atoms. The Morgan fingerprint density at radius 2 is 2.00 bits per heavy atom. The number of aryl methyl sites for hydroxylation is 2. The summed E-state index contributed by atoms with van der Waals surface area (Å²) in [6.07, 6.45) is 4.24. The number of carbonyl (C=O) groups is 1. The highest BCUT2D eigenvalue weighted by molar-refractivity contribution is 7.15. The number of carbonyl (C=O) groups excluding carboxylic acids is 1. The van der Waals surface area contributed by atoms with Crippen LogP contribution in [0.15, 0.2) is 41.8 Å². The van der Waals surface area contributed by atoms with E-state index in [1.165, 1.54) is 4.88 Å². The molecule has 3 aromatic heterocycles. The van der Waals surface area contributed by atoms with Gasteiger partial charge in [-0.2, -0.15) is 0 Å². The Bertz CT molecular complexity index is 1370. The van der Waals surface area contributed by atoms with Gasteiger partial charge >= 0.3 is 0 Å². The number of aromatic amines is 1. The maximum Gasteiger partial charge on any atom is 0.222 e. The number of thiophene rings is 1. The van der Waals surface area contributed by atoms with E-state index in [9.17, 15) is 4.79 Å². The van der Waals surface area contributed by atoms with Crippen LogP contribution in [-0.2, 0) is 11.2 Å². The summed E-state index contributed by atoms with van der Waals surface area (Å²) in [5.74, 6) is 1.36. The second kappa shape index (κ2) is 9.15. The number of fused-ring (bicyclic) bond motifs is 3. The van der Waals surface area contributed by atoms with Crippen molar-refractivity contribution in [2.75, 3.05) is 6.54 Å². The van der Waals surface area contributed by atoms with E-state index < -0.39 is 6.04 Å². The predicted molar refractivity (Wildman–Crippen MR) is 133 cm³/mol. The van der Waals surface area contributed by atoms with Crippen LogP contribution in [0.5, 0.6) is 0 Å². The summed E-state index contributed by atoms with van der Waals surface area (Å²) >= 11 is 7.85. The molecule has 0 fully saturated rings. The zero-order valence-corrected chi connectivity index (χ0v) is 20.7. The van der Waals surface area contributed by atoms with Crippen LogP contribution in [0.3, 0.4) is 0 Å². The van der Waals surface area contributed by atoms with Crippen molar-refractivity contribution in [2.24, 2.45) is 4.99 Å². The summed E-state index contributed by atoms with van der Waals surface area (Å²) in [5.41, 5.74) is 4.98. The molecule has 0 unspecified atom stereocenters. The number of rotatable bonds is 6. The van der Waals surface area contributed by atoms with Crippen LogP contribution in [0.1, 0.15) is 51.4 Å². The number of hydrogen-bond donors (Lipinski definition) is 2. The van der Waals surface area contributed by atoms with Crippen LogP contribution in [0, 0.1) is 20.8 Å². The highest BCUT2D eigenvalue weighted by atomic mass is 35.5. The lowest BCUT2D eigenvalue weighted by Crippen LogP contribution is -2.27. The summed E-state index contributed by atoms with van der Waals surface area (Å²) in [4.78, 5) is 26.3. The van der Waals surface area contributed by atoms with E-state index in [1.54, 1.807) is 23.9 Å². The third-order valence-corrected chi connectivity index (χ3v) is 7.45. The van der Waals surface area contributed by atoms with Crippen molar-refractivity contribution in [2.45, 2.75) is 39.7 Å². The number of H-pyrrole nitrogens is 1. The monoisotopic (exact) mass is 493 g/mol. The summed E-state index contributed by atoms with van der Waals surface area (Å²) in [6.45, 7) is 6.66. The molecule has 0 saturated carbocycles. The van der Waals surface area contributed by atoms with Gasteiger partial charge in [0.25, 0.3) is 0 Å². The number of nitrogens with one attached hydrogen (secondary N) is 2. The number of aliphatic imine (C=N–C) groups is 1. The smallest absolute Gasteiger partial charge is 0.222 e. The SMILES string of the molecule is Cc1sc2c(c1C)C(c1ccc(Cl)cc1)=N[C@@H](CC(=O)NCCc1cnc[nH]1)c1nnc(C)n1-2. The molecule has 2 N–H and O–H groups in total. The summed E-state index contributed by atoms with van der Waals surface area (Å²) in [7, 11) is 0. The molecule has 1 atom stereocenters. The molecular weight excluding hydrogens is 470 g/mol. The van der Waals surface area contributed by atoms with E-state index in [1.807, 2.05) is 31.2 Å². The number of imidazole rings is 1. The maximum atomic E-state index is 12.9. The Morgan fingerprint density at radius 1 is 1.21 bits per heavy atom. The molecule has 0 aliphatic carbocycles. The minimum Gasteiger partial charge on any atom is -0.356 e. The first-order valence-electron chi connectivity index (χ1n) is 11.0. The molecule has 0 bridgehead atoms. The van der Waals surface area contributed by atoms with Crippen molar-refractivity contribution in [3.05, 3.63) is 80.7 Å². The van der Waals surface area contributed by atoms with Crippen molar-refractivity contribution < 1.29 is 4.79 Å². The lowest BCUT2D eigenvalue weighted by molar-refractivity contribution is -0.121. The average molecular weight is 494 g/mol. The van der Waals surface area contributed by atoms with Crippen LogP contribution in [0.4, 0.5) is 0 Å². The normalized spacial score (nSPS) is 14.8. The zero-order chi connectivity index (χ0) is 23.8. The van der Waals surface area contributed by atoms with Crippen molar-refractivity contribution in [1.82, 2.24) is 30.0 Å². The zero-order valence-electron chi connectivity index (χ0n) is 19.1. The van der Waals surface area contributed by atoms with Crippen molar-refractivity contribution in [1.29, 1.82) is 0 Å². The molecule has 4 heterocycles. The number of halogens is 1. The highest BCUT2D eigenvalue weighted by Crippen LogP contribution is 2.39. The molecule has 5 rings (SSSR count). The minimum absolute atomic E-state index is 0.0888. The van der Waals surface area contributed by atoms with Gasteiger partial charge in [-0.15, -0.1) is 21.5 Å². The Balaban J connectivity index is 1.52. The van der Waals surface area contributed by atoms with E-state index in [-0.39, 0.29) is 12.3 Å². The van der Waals surface area contributed by atoms with Gasteiger partial charge in [0.05, 0.1) is 18.5 Å². The van der Waals surface area contributed by atoms with E-state index in [2.05, 4.69) is 43.9 Å². The Hall–Kier alpha value is -3.30. The van der Waals surface area contributed by atoms with Crippen LogP contribution in [-0.4, -0.2) is 42.9 Å². The number of nitrogens with zero attached hydrogens (tertiary/aromatic N) is 5. The Kier molecular flexibility index (Phi) is 6.05. The van der Waals surface area contributed by atoms with Crippen LogP contribution in [0.25, 0.3) is 5.00 Å². The van der Waals surface area contributed by atoms with Gasteiger partial charge in [-0.1, -0.05) is 23.7 Å². The first-order valence-corrected chi connectivity index (χ1v) is 12.2. The van der Waals surface area contributed by atoms with E-state index in [0.29, 0.717) is 23.8 Å². The van der Waals surface area contributed by atoms with Gasteiger partial charge in [0, 0.05) is 45.9 Å². The van der Waals surface area contributed by atoms with Crippen molar-refractivity contribution in [3.8, 4) is 5.00 Å². The first-order chi connectivity index (χ1) is 16.4. The molecule has 10 heteroatoms. The predicted octanol–water partition coefficient (Wildman–Crippen LogP) is 4.27. The lowest BCUT2D eigenvalue weighted by atomic mass is 9.99. The largest absolute Gasteiger partial charge is 0.356 e. The molecule has 0 spiro atoms. The van der Waals surface area contributed by atoms with E-state index in [0.717, 1.165) is 38.9 Å². The van der Waals surface area contributed by atoms with Gasteiger partial charge in [-0.05, 0) is 38.5 Å². The second-order valence-corrected chi connectivity index (χ2v) is 9.93. The number of hydrogen-bond acceptors (Lipinski definition) is 6. The fourth-order valence-electron chi connectivity index (χ4n) is 4.14. The topological polar surface area (TPSA) is 101 Å². The van der Waals surface area contributed by atoms with Gasteiger partial charge in [-0.25, -0.2) is 4.98 Å². The van der Waals surface area contributed by atoms with Crippen LogP contribution < -0.4 is 5.32 Å². The summed E-state index contributed by atoms with van der Waals surface area (Å²) < 4.78 is 2.05. The van der Waals surface area contributed by atoms with Gasteiger partial charge in [0.1, 0.15) is 16.9 Å². The molecule has 0 radical (unpaired) electrons. The third-order valence-electron chi connectivity index (χ3n) is 6.01. The van der Waals surface area contributed by atoms with Crippen LogP contribution in [0.2, 0.25) is 5.02 Å². The van der Waals surface area contributed by atoms with E-state index >= 15 is 0 Å². The van der Waals surface area contributed by atoms with Crippen molar-refractivity contribution in [3.63, 3.8) is 0 Å². The molecule has 8 nitrogen and oxygen atoms in total. The fraction of sp³-hybridized carbons (Fsp3) is 0.292. The molecule has 0 saturated heterocycles. The summed E-state index contributed by atoms with van der Waals surface area (Å²) in [5, 5.41) is 13.5. The number of benzene rings is 1. The quantitative estimate of drug-likeness (QED) is 0.418. The first kappa shape index (κ1) is 22.5.